The van der Waals surface area contributed by atoms with Crippen molar-refractivity contribution in [1.82, 2.24) is 14.5 Å². The van der Waals surface area contributed by atoms with Gasteiger partial charge in [0.1, 0.15) is 16.4 Å². The van der Waals surface area contributed by atoms with Crippen LogP contribution in [0.1, 0.15) is 35.7 Å². The SMILES string of the molecule is CCCCn1c(N)c(C(=S)NC(=O)c2ccccc2)c(=O)n(C)c1=O. The van der Waals surface area contributed by atoms with Crippen molar-refractivity contribution < 1.29 is 4.79 Å². The number of nitrogens with two attached hydrogens (primary N) is 1. The molecule has 1 aromatic carbocycles. The van der Waals surface area contributed by atoms with Crippen LogP contribution in [0.2, 0.25) is 0 Å². The molecule has 1 aromatic heterocycles. The number of anilines is 1. The predicted molar refractivity (Wildman–Crippen MR) is 101 cm³/mol. The summed E-state index contributed by atoms with van der Waals surface area (Å²) in [5, 5.41) is 2.51. The number of hydrogen-bond acceptors (Lipinski definition) is 5. The Morgan fingerprint density at radius 3 is 2.48 bits per heavy atom. The minimum atomic E-state index is -0.631. The van der Waals surface area contributed by atoms with Gasteiger partial charge in [0.05, 0.1) is 0 Å². The first-order valence-electron chi connectivity index (χ1n) is 7.88. The molecule has 2 rings (SSSR count). The number of nitrogens with zero attached hydrogens (tertiary/aromatic N) is 2. The molecule has 0 saturated carbocycles. The molecule has 0 aliphatic heterocycles. The molecule has 7 nitrogen and oxygen atoms in total. The molecule has 132 valence electrons. The van der Waals surface area contributed by atoms with Crippen LogP contribution in [0.4, 0.5) is 5.82 Å². The van der Waals surface area contributed by atoms with Gasteiger partial charge in [0.15, 0.2) is 0 Å². The molecule has 0 aliphatic rings. The van der Waals surface area contributed by atoms with Crippen molar-refractivity contribution in [1.29, 1.82) is 0 Å². The van der Waals surface area contributed by atoms with Gasteiger partial charge in [0, 0.05) is 19.2 Å². The number of aromatic nitrogens is 2. The number of benzene rings is 1. The lowest BCUT2D eigenvalue weighted by atomic mass is 10.2. The first kappa shape index (κ1) is 18.6. The van der Waals surface area contributed by atoms with Crippen LogP contribution in [0.5, 0.6) is 0 Å². The second kappa shape index (κ2) is 7.89. The minimum absolute atomic E-state index is 0.0279. The average molecular weight is 360 g/mol. The smallest absolute Gasteiger partial charge is 0.332 e. The van der Waals surface area contributed by atoms with E-state index in [0.717, 1.165) is 17.4 Å². The fraction of sp³-hybridized carbons (Fsp3) is 0.294. The zero-order valence-corrected chi connectivity index (χ0v) is 14.9. The summed E-state index contributed by atoms with van der Waals surface area (Å²) in [6.07, 6.45) is 1.59. The van der Waals surface area contributed by atoms with E-state index in [1.54, 1.807) is 30.3 Å². The number of nitrogens with one attached hydrogen (secondary N) is 1. The molecule has 1 heterocycles. The molecule has 0 saturated heterocycles. The molecule has 2 aromatic rings. The summed E-state index contributed by atoms with van der Waals surface area (Å²) in [5.74, 6) is -0.474. The highest BCUT2D eigenvalue weighted by Crippen LogP contribution is 2.08. The average Bonchev–Trinajstić information content (AvgIpc) is 2.60. The first-order chi connectivity index (χ1) is 11.9. The highest BCUT2D eigenvalue weighted by Gasteiger charge is 2.20. The van der Waals surface area contributed by atoms with Crippen LogP contribution in [0.3, 0.4) is 0 Å². The molecule has 1 amide bonds. The van der Waals surface area contributed by atoms with E-state index in [-0.39, 0.29) is 16.4 Å². The van der Waals surface area contributed by atoms with Gasteiger partial charge in [-0.25, -0.2) is 4.79 Å². The standard InChI is InChI=1S/C17H20N4O3S/c1-3-4-10-21-13(18)12(16(23)20(2)17(21)24)15(25)19-14(22)11-8-6-5-7-9-11/h5-9H,3-4,10,18H2,1-2H3,(H,19,22,25). The van der Waals surface area contributed by atoms with Crippen molar-refractivity contribution in [2.75, 3.05) is 5.73 Å². The third-order valence-electron chi connectivity index (χ3n) is 3.81. The predicted octanol–water partition coefficient (Wildman–Crippen LogP) is 1.03. The number of rotatable bonds is 5. The third kappa shape index (κ3) is 3.85. The van der Waals surface area contributed by atoms with Gasteiger partial charge < -0.3 is 11.1 Å². The van der Waals surface area contributed by atoms with E-state index in [2.05, 4.69) is 5.32 Å². The van der Waals surface area contributed by atoms with Gasteiger partial charge >= 0.3 is 5.69 Å². The minimum Gasteiger partial charge on any atom is -0.384 e. The Hall–Kier alpha value is -2.74. The maximum atomic E-state index is 12.4. The molecule has 0 spiro atoms. The van der Waals surface area contributed by atoms with E-state index in [1.165, 1.54) is 11.6 Å². The van der Waals surface area contributed by atoms with Crippen LogP contribution >= 0.6 is 12.2 Å². The van der Waals surface area contributed by atoms with Gasteiger partial charge in [-0.2, -0.15) is 0 Å². The van der Waals surface area contributed by atoms with Crippen molar-refractivity contribution in [2.45, 2.75) is 26.3 Å². The normalized spacial score (nSPS) is 10.5. The van der Waals surface area contributed by atoms with Crippen LogP contribution in [-0.4, -0.2) is 20.0 Å². The molecule has 0 radical (unpaired) electrons. The Morgan fingerprint density at radius 1 is 1.24 bits per heavy atom. The zero-order chi connectivity index (χ0) is 18.6. The number of carbonyl (C=O) groups excluding carboxylic acids is 1. The van der Waals surface area contributed by atoms with Crippen LogP contribution in [0.25, 0.3) is 0 Å². The zero-order valence-electron chi connectivity index (χ0n) is 14.1. The molecule has 25 heavy (non-hydrogen) atoms. The second-order valence-corrected chi connectivity index (χ2v) is 5.97. The summed E-state index contributed by atoms with van der Waals surface area (Å²) in [4.78, 5) is 36.8. The molecule has 0 bridgehead atoms. The topological polar surface area (TPSA) is 99.1 Å². The van der Waals surface area contributed by atoms with Crippen molar-refractivity contribution in [3.8, 4) is 0 Å². The lowest BCUT2D eigenvalue weighted by molar-refractivity contribution is 0.0978. The fourth-order valence-electron chi connectivity index (χ4n) is 2.36. The second-order valence-electron chi connectivity index (χ2n) is 5.56. The molecule has 0 fully saturated rings. The van der Waals surface area contributed by atoms with Gasteiger partial charge in [-0.3, -0.25) is 18.7 Å². The fourth-order valence-corrected chi connectivity index (χ4v) is 2.64. The Balaban J connectivity index is 2.42. The summed E-state index contributed by atoms with van der Waals surface area (Å²) in [7, 11) is 1.36. The number of unbranched alkanes of at least 4 members (excludes halogenated alkanes) is 1. The molecular weight excluding hydrogens is 340 g/mol. The Kier molecular flexibility index (Phi) is 5.87. The van der Waals surface area contributed by atoms with Crippen LogP contribution in [0, 0.1) is 0 Å². The number of carbonyl (C=O) groups is 1. The Morgan fingerprint density at radius 2 is 1.88 bits per heavy atom. The lowest BCUT2D eigenvalue weighted by Gasteiger charge is -2.15. The van der Waals surface area contributed by atoms with Crippen molar-refractivity contribution in [3.63, 3.8) is 0 Å². The van der Waals surface area contributed by atoms with E-state index in [1.807, 2.05) is 6.92 Å². The van der Waals surface area contributed by atoms with E-state index in [9.17, 15) is 14.4 Å². The van der Waals surface area contributed by atoms with Gasteiger partial charge in [-0.1, -0.05) is 43.8 Å². The monoisotopic (exact) mass is 360 g/mol. The van der Waals surface area contributed by atoms with Gasteiger partial charge in [-0.15, -0.1) is 0 Å². The molecule has 0 atom stereocenters. The number of hydrogen-bond donors (Lipinski definition) is 2. The van der Waals surface area contributed by atoms with Crippen molar-refractivity contribution >= 4 is 28.9 Å². The van der Waals surface area contributed by atoms with E-state index >= 15 is 0 Å². The summed E-state index contributed by atoms with van der Waals surface area (Å²) in [5.41, 5.74) is 5.25. The lowest BCUT2D eigenvalue weighted by Crippen LogP contribution is -2.45. The van der Waals surface area contributed by atoms with Crippen LogP contribution < -0.4 is 22.3 Å². The van der Waals surface area contributed by atoms with E-state index < -0.39 is 17.2 Å². The van der Waals surface area contributed by atoms with Crippen molar-refractivity contribution in [2.24, 2.45) is 7.05 Å². The molecule has 8 heteroatoms. The highest BCUT2D eigenvalue weighted by atomic mass is 32.1. The Labute approximate surface area is 150 Å². The third-order valence-corrected chi connectivity index (χ3v) is 4.11. The molecule has 3 N–H and O–H groups in total. The van der Waals surface area contributed by atoms with Crippen LogP contribution in [-0.2, 0) is 13.6 Å². The molecule has 0 aliphatic carbocycles. The van der Waals surface area contributed by atoms with E-state index in [0.29, 0.717) is 12.1 Å². The summed E-state index contributed by atoms with van der Waals surface area (Å²) >= 11 is 5.21. The largest absolute Gasteiger partial charge is 0.384 e. The highest BCUT2D eigenvalue weighted by molar-refractivity contribution is 7.80. The number of amides is 1. The maximum absolute atomic E-state index is 12.4. The number of thiocarbonyl (C=S) groups is 1. The van der Waals surface area contributed by atoms with Crippen molar-refractivity contribution in [3.05, 3.63) is 62.3 Å². The van der Waals surface area contributed by atoms with Gasteiger partial charge in [0.2, 0.25) is 0 Å². The summed E-state index contributed by atoms with van der Waals surface area (Å²) in [6, 6.07) is 8.47. The van der Waals surface area contributed by atoms with Gasteiger partial charge in [-0.05, 0) is 18.6 Å². The molecular formula is C17H20N4O3S. The quantitative estimate of drug-likeness (QED) is 0.776. The summed E-state index contributed by atoms with van der Waals surface area (Å²) < 4.78 is 2.25. The van der Waals surface area contributed by atoms with Crippen LogP contribution in [0.15, 0.2) is 39.9 Å². The van der Waals surface area contributed by atoms with Gasteiger partial charge in [0.25, 0.3) is 11.5 Å². The molecule has 0 unspecified atom stereocenters. The summed E-state index contributed by atoms with van der Waals surface area (Å²) in [6.45, 7) is 2.35. The van der Waals surface area contributed by atoms with E-state index in [4.69, 9.17) is 18.0 Å². The Bertz CT molecular complexity index is 916. The number of nitrogen functional groups attached to an aromatic ring is 1. The maximum Gasteiger partial charge on any atom is 0.332 e. The first-order valence-corrected chi connectivity index (χ1v) is 8.29.